The highest BCUT2D eigenvalue weighted by molar-refractivity contribution is 7.14. The van der Waals surface area contributed by atoms with Crippen LogP contribution in [-0.4, -0.2) is 28.5 Å². The first-order valence-corrected chi connectivity index (χ1v) is 14.4. The number of nitrogens with zero attached hydrogens (tertiary/aromatic N) is 2. The average molecular weight is 540 g/mol. The third kappa shape index (κ3) is 6.92. The minimum Gasteiger partial charge on any atom is -0.481 e. The predicted octanol–water partition coefficient (Wildman–Crippen LogP) is 7.40. The number of aliphatic carboxylic acids is 1. The van der Waals surface area contributed by atoms with E-state index < -0.39 is 5.97 Å². The Balaban J connectivity index is 1.37. The van der Waals surface area contributed by atoms with Crippen molar-refractivity contribution in [3.05, 3.63) is 101 Å². The molecule has 0 atom stereocenters. The van der Waals surface area contributed by atoms with Crippen LogP contribution in [-0.2, 0) is 11.3 Å². The molecule has 7 heteroatoms. The van der Waals surface area contributed by atoms with Crippen LogP contribution >= 0.6 is 11.3 Å². The zero-order chi connectivity index (χ0) is 27.0. The van der Waals surface area contributed by atoms with Crippen molar-refractivity contribution in [3.63, 3.8) is 0 Å². The molecule has 1 heterocycles. The number of carboxylic acid groups (broad SMARTS) is 1. The van der Waals surface area contributed by atoms with E-state index in [1.165, 1.54) is 37.7 Å². The molecule has 0 aliphatic heterocycles. The lowest BCUT2D eigenvalue weighted by molar-refractivity contribution is -0.136. The molecule has 39 heavy (non-hydrogen) atoms. The SMILES string of the molecule is O=C(O)CCNC(=O)c1ccc(CN(c2ccc(C3CCCCC3)cc2)c2nc(-c3ccccc3)cs2)cc1. The van der Waals surface area contributed by atoms with Gasteiger partial charge in [-0.2, -0.15) is 0 Å². The van der Waals surface area contributed by atoms with Crippen molar-refractivity contribution in [2.75, 3.05) is 11.4 Å². The van der Waals surface area contributed by atoms with Gasteiger partial charge < -0.3 is 15.3 Å². The summed E-state index contributed by atoms with van der Waals surface area (Å²) < 4.78 is 0. The van der Waals surface area contributed by atoms with E-state index in [0.29, 0.717) is 18.0 Å². The first-order valence-electron chi connectivity index (χ1n) is 13.5. The van der Waals surface area contributed by atoms with E-state index in [1.807, 2.05) is 30.3 Å². The summed E-state index contributed by atoms with van der Waals surface area (Å²) in [4.78, 5) is 30.3. The Labute approximate surface area is 233 Å². The van der Waals surface area contributed by atoms with Gasteiger partial charge in [-0.15, -0.1) is 11.3 Å². The van der Waals surface area contributed by atoms with Crippen LogP contribution < -0.4 is 10.2 Å². The largest absolute Gasteiger partial charge is 0.481 e. The molecule has 4 aromatic rings. The molecule has 1 amide bonds. The van der Waals surface area contributed by atoms with Crippen molar-refractivity contribution < 1.29 is 14.7 Å². The molecular weight excluding hydrogens is 506 g/mol. The lowest BCUT2D eigenvalue weighted by atomic mass is 9.84. The van der Waals surface area contributed by atoms with Gasteiger partial charge in [0.2, 0.25) is 0 Å². The van der Waals surface area contributed by atoms with E-state index in [9.17, 15) is 9.59 Å². The molecule has 3 aromatic carbocycles. The molecule has 0 saturated heterocycles. The van der Waals surface area contributed by atoms with Crippen LogP contribution in [0.5, 0.6) is 0 Å². The Kier molecular flexibility index (Phi) is 8.68. The summed E-state index contributed by atoms with van der Waals surface area (Å²) in [6.07, 6.45) is 6.41. The van der Waals surface area contributed by atoms with Crippen molar-refractivity contribution in [2.45, 2.75) is 51.0 Å². The third-order valence-corrected chi connectivity index (χ3v) is 8.12. The lowest BCUT2D eigenvalue weighted by Gasteiger charge is -2.25. The van der Waals surface area contributed by atoms with Crippen LogP contribution in [0, 0.1) is 0 Å². The fraction of sp³-hybridized carbons (Fsp3) is 0.281. The number of carbonyl (C=O) groups is 2. The number of aromatic nitrogens is 1. The maximum Gasteiger partial charge on any atom is 0.305 e. The lowest BCUT2D eigenvalue weighted by Crippen LogP contribution is -2.26. The monoisotopic (exact) mass is 539 g/mol. The number of amides is 1. The number of carboxylic acids is 1. The molecule has 0 radical (unpaired) electrons. The number of rotatable bonds is 10. The van der Waals surface area contributed by atoms with Gasteiger partial charge in [-0.3, -0.25) is 9.59 Å². The van der Waals surface area contributed by atoms with E-state index in [0.717, 1.165) is 27.6 Å². The van der Waals surface area contributed by atoms with Crippen LogP contribution in [0.1, 0.15) is 65.9 Å². The summed E-state index contributed by atoms with van der Waals surface area (Å²) in [6.45, 7) is 0.708. The molecule has 1 aliphatic carbocycles. The first kappa shape index (κ1) is 26.6. The molecule has 0 spiro atoms. The summed E-state index contributed by atoms with van der Waals surface area (Å²) in [5.74, 6) is -0.555. The van der Waals surface area contributed by atoms with E-state index >= 15 is 0 Å². The van der Waals surface area contributed by atoms with Gasteiger partial charge in [0.15, 0.2) is 5.13 Å². The van der Waals surface area contributed by atoms with Crippen molar-refractivity contribution >= 4 is 34.0 Å². The fourth-order valence-corrected chi connectivity index (χ4v) is 5.94. The summed E-state index contributed by atoms with van der Waals surface area (Å²) in [5, 5.41) is 14.5. The summed E-state index contributed by atoms with van der Waals surface area (Å²) in [5.41, 5.74) is 6.09. The van der Waals surface area contributed by atoms with Gasteiger partial charge in [0, 0.05) is 28.7 Å². The number of thiazole rings is 1. The number of hydrogen-bond acceptors (Lipinski definition) is 5. The smallest absolute Gasteiger partial charge is 0.305 e. The van der Waals surface area contributed by atoms with Gasteiger partial charge in [0.25, 0.3) is 5.91 Å². The number of benzene rings is 3. The second-order valence-corrected chi connectivity index (χ2v) is 10.8. The van der Waals surface area contributed by atoms with Crippen LogP contribution in [0.2, 0.25) is 0 Å². The van der Waals surface area contributed by atoms with Crippen molar-refractivity contribution in [2.24, 2.45) is 0 Å². The molecule has 200 valence electrons. The van der Waals surface area contributed by atoms with Crippen LogP contribution in [0.3, 0.4) is 0 Å². The van der Waals surface area contributed by atoms with Gasteiger partial charge in [-0.05, 0) is 54.2 Å². The zero-order valence-electron chi connectivity index (χ0n) is 21.9. The van der Waals surface area contributed by atoms with Gasteiger partial charge >= 0.3 is 5.97 Å². The normalized spacial score (nSPS) is 13.6. The Morgan fingerprint density at radius 2 is 1.64 bits per heavy atom. The molecule has 1 saturated carbocycles. The highest BCUT2D eigenvalue weighted by Crippen LogP contribution is 2.36. The van der Waals surface area contributed by atoms with E-state index in [2.05, 4.69) is 52.0 Å². The zero-order valence-corrected chi connectivity index (χ0v) is 22.7. The van der Waals surface area contributed by atoms with E-state index in [4.69, 9.17) is 10.1 Å². The molecule has 1 fully saturated rings. The number of hydrogen-bond donors (Lipinski definition) is 2. The number of nitrogens with one attached hydrogen (secondary N) is 1. The number of carbonyl (C=O) groups excluding carboxylic acids is 1. The van der Waals surface area contributed by atoms with Gasteiger partial charge in [0.05, 0.1) is 18.7 Å². The average Bonchev–Trinajstić information content (AvgIpc) is 3.47. The quantitative estimate of drug-likeness (QED) is 0.219. The highest BCUT2D eigenvalue weighted by Gasteiger charge is 2.19. The topological polar surface area (TPSA) is 82.5 Å². The molecular formula is C32H33N3O3S. The molecule has 5 rings (SSSR count). The molecule has 2 N–H and O–H groups in total. The molecule has 1 aliphatic rings. The van der Waals surface area contributed by atoms with Crippen molar-refractivity contribution in [3.8, 4) is 11.3 Å². The van der Waals surface area contributed by atoms with Gasteiger partial charge in [-0.25, -0.2) is 4.98 Å². The van der Waals surface area contributed by atoms with E-state index in [-0.39, 0.29) is 18.9 Å². The molecule has 6 nitrogen and oxygen atoms in total. The minimum absolute atomic E-state index is 0.100. The van der Waals surface area contributed by atoms with Crippen LogP contribution in [0.25, 0.3) is 11.3 Å². The molecule has 1 aromatic heterocycles. The van der Waals surface area contributed by atoms with Crippen molar-refractivity contribution in [1.82, 2.24) is 10.3 Å². The Hall–Kier alpha value is -3.97. The summed E-state index contributed by atoms with van der Waals surface area (Å²) in [6, 6.07) is 26.6. The van der Waals surface area contributed by atoms with Gasteiger partial charge in [0.1, 0.15) is 0 Å². The Morgan fingerprint density at radius 1 is 0.923 bits per heavy atom. The number of anilines is 2. The van der Waals surface area contributed by atoms with Crippen LogP contribution in [0.15, 0.2) is 84.2 Å². The minimum atomic E-state index is -0.935. The predicted molar refractivity (Wildman–Crippen MR) is 157 cm³/mol. The maximum absolute atomic E-state index is 12.4. The second-order valence-electron chi connectivity index (χ2n) is 9.99. The molecule has 0 unspecified atom stereocenters. The fourth-order valence-electron chi connectivity index (χ4n) is 5.09. The second kappa shape index (κ2) is 12.7. The summed E-state index contributed by atoms with van der Waals surface area (Å²) in [7, 11) is 0. The van der Waals surface area contributed by atoms with Gasteiger partial charge in [-0.1, -0.05) is 73.9 Å². The first-order chi connectivity index (χ1) is 19.1. The van der Waals surface area contributed by atoms with E-state index in [1.54, 1.807) is 23.5 Å². The third-order valence-electron chi connectivity index (χ3n) is 7.26. The maximum atomic E-state index is 12.4. The summed E-state index contributed by atoms with van der Waals surface area (Å²) >= 11 is 1.62. The van der Waals surface area contributed by atoms with Crippen molar-refractivity contribution in [1.29, 1.82) is 0 Å². The Morgan fingerprint density at radius 3 is 2.33 bits per heavy atom. The van der Waals surface area contributed by atoms with Crippen LogP contribution in [0.4, 0.5) is 10.8 Å². The molecule has 0 bridgehead atoms. The highest BCUT2D eigenvalue weighted by atomic mass is 32.1. The Bertz CT molecular complexity index is 1380. The standard InChI is InChI=1S/C32H33N3O3S/c36-30(37)19-20-33-31(38)27-13-11-23(12-14-27)21-35(32-34-29(22-39-32)26-9-5-2-6-10-26)28-17-15-25(16-18-28)24-7-3-1-4-8-24/h2,5-6,9-18,22,24H,1,3-4,7-8,19-21H2,(H,33,38)(H,36,37).